The molecule has 0 saturated carbocycles. The molecule has 0 heterocycles. The lowest BCUT2D eigenvalue weighted by Crippen LogP contribution is -2.44. The van der Waals surface area contributed by atoms with Gasteiger partial charge >= 0.3 is 12.1 Å². The first-order valence-electron chi connectivity index (χ1n) is 10.9. The van der Waals surface area contributed by atoms with Gasteiger partial charge in [0.15, 0.2) is 0 Å². The Bertz CT molecular complexity index is 1260. The van der Waals surface area contributed by atoms with Crippen LogP contribution in [-0.2, 0) is 9.53 Å². The molecule has 1 atom stereocenters. The van der Waals surface area contributed by atoms with Gasteiger partial charge in [0.25, 0.3) is 0 Å². The number of hydrogen-bond acceptors (Lipinski definition) is 4. The third-order valence-corrected chi connectivity index (χ3v) is 6.50. The third kappa shape index (κ3) is 5.37. The lowest BCUT2D eigenvalue weighted by molar-refractivity contribution is -0.118. The number of aromatic carboxylic acids is 1. The molecule has 3 N–H and O–H groups in total. The molecule has 0 aromatic heterocycles. The van der Waals surface area contributed by atoms with Crippen LogP contribution in [0.3, 0.4) is 0 Å². The van der Waals surface area contributed by atoms with Crippen molar-refractivity contribution < 1.29 is 24.2 Å². The van der Waals surface area contributed by atoms with E-state index in [1.807, 2.05) is 59.0 Å². The molecule has 1 unspecified atom stereocenters. The highest BCUT2D eigenvalue weighted by molar-refractivity contribution is 14.1. The lowest BCUT2D eigenvalue weighted by atomic mass is 9.98. The first kappa shape index (κ1) is 24.5. The van der Waals surface area contributed by atoms with E-state index in [2.05, 4.69) is 29.3 Å². The molecule has 0 aliphatic heterocycles. The number of anilines is 1. The second-order valence-electron chi connectivity index (χ2n) is 8.03. The monoisotopic (exact) mass is 582 g/mol. The van der Waals surface area contributed by atoms with Crippen LogP contribution in [0.25, 0.3) is 11.1 Å². The van der Waals surface area contributed by atoms with E-state index in [1.165, 1.54) is 18.2 Å². The number of amides is 2. The topological polar surface area (TPSA) is 105 Å². The number of carbonyl (C=O) groups is 3. The molecule has 2 amide bonds. The smallest absolute Gasteiger partial charge is 0.407 e. The first-order valence-corrected chi connectivity index (χ1v) is 12.0. The average Bonchev–Trinajstić information content (AvgIpc) is 3.17. The molecule has 0 fully saturated rings. The summed E-state index contributed by atoms with van der Waals surface area (Å²) in [6.45, 7) is 3.76. The van der Waals surface area contributed by atoms with E-state index in [-0.39, 0.29) is 30.2 Å². The molecule has 8 heteroatoms. The number of rotatable bonds is 8. The van der Waals surface area contributed by atoms with Crippen molar-refractivity contribution in [1.82, 2.24) is 5.32 Å². The quantitative estimate of drug-likeness (QED) is 0.244. The number of nitrogens with one attached hydrogen (secondary N) is 2. The highest BCUT2D eigenvalue weighted by atomic mass is 127. The minimum absolute atomic E-state index is 0.0382. The molecule has 0 radical (unpaired) electrons. The maximum absolute atomic E-state index is 12.9. The fourth-order valence-corrected chi connectivity index (χ4v) is 4.69. The second-order valence-corrected chi connectivity index (χ2v) is 9.28. The van der Waals surface area contributed by atoms with Gasteiger partial charge in [-0.25, -0.2) is 9.59 Å². The summed E-state index contributed by atoms with van der Waals surface area (Å²) in [7, 11) is 0. The van der Waals surface area contributed by atoms with Gasteiger partial charge in [0.1, 0.15) is 12.6 Å². The van der Waals surface area contributed by atoms with Crippen molar-refractivity contribution in [2.45, 2.75) is 18.4 Å². The Hall–Kier alpha value is -3.66. The molecule has 35 heavy (non-hydrogen) atoms. The normalized spacial score (nSPS) is 12.7. The summed E-state index contributed by atoms with van der Waals surface area (Å²) in [5, 5.41) is 14.6. The molecular weight excluding hydrogens is 559 g/mol. The fourth-order valence-electron chi connectivity index (χ4n) is 4.20. The van der Waals surface area contributed by atoms with Gasteiger partial charge < -0.3 is 20.5 Å². The Kier molecular flexibility index (Phi) is 7.50. The molecule has 4 rings (SSSR count). The van der Waals surface area contributed by atoms with E-state index >= 15 is 0 Å². The van der Waals surface area contributed by atoms with E-state index < -0.39 is 24.0 Å². The SMILES string of the molecule is C=CCC(NC(=O)OCC1c2ccccc2-c2ccccc21)C(=O)Nc1ccc(I)cc1C(=O)O. The second kappa shape index (κ2) is 10.7. The maximum atomic E-state index is 12.9. The minimum atomic E-state index is -1.16. The van der Waals surface area contributed by atoms with Gasteiger partial charge in [0.2, 0.25) is 5.91 Å². The van der Waals surface area contributed by atoms with E-state index in [9.17, 15) is 19.5 Å². The summed E-state index contributed by atoms with van der Waals surface area (Å²) in [5.74, 6) is -1.84. The van der Waals surface area contributed by atoms with Crippen LogP contribution in [0.2, 0.25) is 0 Å². The van der Waals surface area contributed by atoms with Crippen LogP contribution in [0, 0.1) is 3.57 Å². The predicted molar refractivity (Wildman–Crippen MR) is 142 cm³/mol. The van der Waals surface area contributed by atoms with Gasteiger partial charge in [0.05, 0.1) is 11.3 Å². The van der Waals surface area contributed by atoms with Gasteiger partial charge in [0, 0.05) is 9.49 Å². The minimum Gasteiger partial charge on any atom is -0.478 e. The van der Waals surface area contributed by atoms with Crippen LogP contribution < -0.4 is 10.6 Å². The van der Waals surface area contributed by atoms with Crippen molar-refractivity contribution in [3.05, 3.63) is 99.6 Å². The van der Waals surface area contributed by atoms with Crippen LogP contribution in [0.4, 0.5) is 10.5 Å². The van der Waals surface area contributed by atoms with E-state index in [0.29, 0.717) is 0 Å². The first-order chi connectivity index (χ1) is 16.9. The summed E-state index contributed by atoms with van der Waals surface area (Å²) in [4.78, 5) is 37.1. The summed E-state index contributed by atoms with van der Waals surface area (Å²) in [6.07, 6.45) is 0.901. The van der Waals surface area contributed by atoms with Crippen LogP contribution in [-0.4, -0.2) is 35.7 Å². The zero-order chi connectivity index (χ0) is 24.9. The lowest BCUT2D eigenvalue weighted by Gasteiger charge is -2.19. The van der Waals surface area contributed by atoms with Crippen molar-refractivity contribution in [3.8, 4) is 11.1 Å². The Balaban J connectivity index is 1.43. The van der Waals surface area contributed by atoms with Crippen molar-refractivity contribution >= 4 is 46.2 Å². The van der Waals surface area contributed by atoms with E-state index in [0.717, 1.165) is 25.8 Å². The Morgan fingerprint density at radius 2 is 1.66 bits per heavy atom. The van der Waals surface area contributed by atoms with Crippen molar-refractivity contribution in [2.75, 3.05) is 11.9 Å². The number of carbonyl (C=O) groups excluding carboxylic acids is 2. The largest absolute Gasteiger partial charge is 0.478 e. The number of carboxylic acids is 1. The van der Waals surface area contributed by atoms with Crippen LogP contribution in [0.5, 0.6) is 0 Å². The number of benzene rings is 3. The number of fused-ring (bicyclic) bond motifs is 3. The highest BCUT2D eigenvalue weighted by Gasteiger charge is 2.30. The van der Waals surface area contributed by atoms with Crippen LogP contribution in [0.1, 0.15) is 33.8 Å². The molecule has 0 bridgehead atoms. The molecule has 0 spiro atoms. The Morgan fingerprint density at radius 1 is 1.03 bits per heavy atom. The molecule has 178 valence electrons. The summed E-state index contributed by atoms with van der Waals surface area (Å²) in [5.41, 5.74) is 4.51. The zero-order valence-electron chi connectivity index (χ0n) is 18.7. The number of halogens is 1. The molecule has 0 saturated heterocycles. The summed E-state index contributed by atoms with van der Waals surface area (Å²) < 4.78 is 6.25. The highest BCUT2D eigenvalue weighted by Crippen LogP contribution is 2.44. The number of hydrogen-bond donors (Lipinski definition) is 3. The van der Waals surface area contributed by atoms with Gasteiger partial charge in [-0.3, -0.25) is 4.79 Å². The van der Waals surface area contributed by atoms with Crippen LogP contribution >= 0.6 is 22.6 Å². The fraction of sp³-hybridized carbons (Fsp3) is 0.148. The third-order valence-electron chi connectivity index (χ3n) is 5.82. The molecule has 1 aliphatic carbocycles. The summed E-state index contributed by atoms with van der Waals surface area (Å²) >= 11 is 1.99. The van der Waals surface area contributed by atoms with Gasteiger partial charge in [-0.05, 0) is 69.5 Å². The predicted octanol–water partition coefficient (Wildman–Crippen LogP) is 5.41. The molecule has 1 aliphatic rings. The number of carboxylic acid groups (broad SMARTS) is 1. The van der Waals surface area contributed by atoms with Crippen molar-refractivity contribution in [3.63, 3.8) is 0 Å². The van der Waals surface area contributed by atoms with Gasteiger partial charge in [-0.1, -0.05) is 54.6 Å². The Morgan fingerprint density at radius 3 is 2.26 bits per heavy atom. The molecule has 3 aromatic rings. The molecule has 7 nitrogen and oxygen atoms in total. The van der Waals surface area contributed by atoms with E-state index in [4.69, 9.17) is 4.74 Å². The average molecular weight is 582 g/mol. The van der Waals surface area contributed by atoms with Crippen molar-refractivity contribution in [2.24, 2.45) is 0 Å². The standard InChI is InChI=1S/C27H23IN2O5/c1-2-7-24(25(31)29-23-13-12-16(28)14-21(23)26(32)33)30-27(34)35-15-22-19-10-5-3-8-17(19)18-9-4-6-11-20(18)22/h2-6,8-14,22,24H,1,7,15H2,(H,29,31)(H,30,34)(H,32,33). The van der Waals surface area contributed by atoms with Gasteiger partial charge in [-0.2, -0.15) is 0 Å². The van der Waals surface area contributed by atoms with E-state index in [1.54, 1.807) is 6.07 Å². The number of alkyl carbamates (subject to hydrolysis) is 1. The molecule has 3 aromatic carbocycles. The number of ether oxygens (including phenoxy) is 1. The molecular formula is C27H23IN2O5. The van der Waals surface area contributed by atoms with Crippen molar-refractivity contribution in [1.29, 1.82) is 0 Å². The van der Waals surface area contributed by atoms with Crippen LogP contribution in [0.15, 0.2) is 79.4 Å². The zero-order valence-corrected chi connectivity index (χ0v) is 20.8. The summed E-state index contributed by atoms with van der Waals surface area (Å²) in [6, 6.07) is 19.7. The Labute approximate surface area is 216 Å². The van der Waals surface area contributed by atoms with Gasteiger partial charge in [-0.15, -0.1) is 6.58 Å². The maximum Gasteiger partial charge on any atom is 0.407 e.